The molecule has 1 unspecified atom stereocenters. The smallest absolute Gasteiger partial charge is 0.0952 e. The Morgan fingerprint density at radius 1 is 1.19 bits per heavy atom. The Morgan fingerprint density at radius 3 is 2.67 bits per heavy atom. The zero-order valence-electron chi connectivity index (χ0n) is 12.8. The van der Waals surface area contributed by atoms with Gasteiger partial charge in [0.25, 0.3) is 0 Å². The molecule has 2 aromatic rings. The highest BCUT2D eigenvalue weighted by atomic mass is 16.3. The first kappa shape index (κ1) is 14.3. The molecule has 1 N–H and O–H groups in total. The number of aromatic nitrogens is 2. The monoisotopic (exact) mass is 285 g/mol. The first-order valence-corrected chi connectivity index (χ1v) is 7.59. The lowest BCUT2D eigenvalue weighted by molar-refractivity contribution is 0.0913. The van der Waals surface area contributed by atoms with Crippen LogP contribution in [0.5, 0.6) is 0 Å². The maximum atomic E-state index is 10.3. The highest BCUT2D eigenvalue weighted by Crippen LogP contribution is 2.18. The van der Waals surface area contributed by atoms with Crippen LogP contribution in [0.2, 0.25) is 0 Å². The predicted octanol–water partition coefficient (Wildman–Crippen LogP) is 1.92. The molecule has 4 nitrogen and oxygen atoms in total. The van der Waals surface area contributed by atoms with E-state index in [1.807, 2.05) is 24.7 Å². The molecule has 1 aliphatic heterocycles. The minimum atomic E-state index is -0.359. The fourth-order valence-electron chi connectivity index (χ4n) is 3.02. The van der Waals surface area contributed by atoms with E-state index in [2.05, 4.69) is 34.1 Å². The highest BCUT2D eigenvalue weighted by molar-refractivity contribution is 5.29. The number of benzene rings is 1. The third-order valence-corrected chi connectivity index (χ3v) is 4.43. The molecule has 3 rings (SSSR count). The average molecular weight is 285 g/mol. The van der Waals surface area contributed by atoms with Gasteiger partial charge in [0, 0.05) is 25.3 Å². The van der Waals surface area contributed by atoms with Crippen LogP contribution >= 0.6 is 0 Å². The van der Waals surface area contributed by atoms with Crippen molar-refractivity contribution in [3.8, 4) is 0 Å². The fraction of sp³-hybridized carbons (Fsp3) is 0.471. The maximum Gasteiger partial charge on any atom is 0.0952 e. The van der Waals surface area contributed by atoms with E-state index in [0.29, 0.717) is 13.1 Å². The second-order valence-corrected chi connectivity index (χ2v) is 5.98. The Kier molecular flexibility index (Phi) is 4.08. The zero-order valence-corrected chi connectivity index (χ0v) is 12.8. The van der Waals surface area contributed by atoms with Gasteiger partial charge in [-0.15, -0.1) is 0 Å². The van der Waals surface area contributed by atoms with Crippen molar-refractivity contribution in [3.05, 3.63) is 53.1 Å². The van der Waals surface area contributed by atoms with Crippen molar-refractivity contribution in [3.63, 3.8) is 0 Å². The Balaban J connectivity index is 1.59. The van der Waals surface area contributed by atoms with E-state index in [-0.39, 0.29) is 6.10 Å². The molecule has 0 fully saturated rings. The number of fused-ring (bicyclic) bond motifs is 1. The zero-order chi connectivity index (χ0) is 14.8. The van der Waals surface area contributed by atoms with E-state index in [9.17, 15) is 5.11 Å². The van der Waals surface area contributed by atoms with Gasteiger partial charge in [-0.05, 0) is 31.4 Å². The van der Waals surface area contributed by atoms with Crippen molar-refractivity contribution >= 4 is 0 Å². The van der Waals surface area contributed by atoms with E-state index < -0.39 is 0 Å². The lowest BCUT2D eigenvalue weighted by Gasteiger charge is -2.30. The second-order valence-electron chi connectivity index (χ2n) is 5.98. The Morgan fingerprint density at radius 2 is 1.95 bits per heavy atom. The summed E-state index contributed by atoms with van der Waals surface area (Å²) in [6.45, 7) is 7.34. The molecule has 0 radical (unpaired) electrons. The maximum absolute atomic E-state index is 10.3. The van der Waals surface area contributed by atoms with Crippen molar-refractivity contribution in [2.75, 3.05) is 13.1 Å². The van der Waals surface area contributed by atoms with Gasteiger partial charge >= 0.3 is 0 Å². The van der Waals surface area contributed by atoms with Crippen LogP contribution in [0.25, 0.3) is 0 Å². The third-order valence-electron chi connectivity index (χ3n) is 4.43. The summed E-state index contributed by atoms with van der Waals surface area (Å²) in [7, 11) is 0. The highest BCUT2D eigenvalue weighted by Gasteiger charge is 2.19. The first-order valence-electron chi connectivity index (χ1n) is 7.59. The van der Waals surface area contributed by atoms with Gasteiger partial charge in [0.2, 0.25) is 0 Å². The van der Waals surface area contributed by atoms with Crippen molar-refractivity contribution in [2.24, 2.45) is 0 Å². The standard InChI is InChI=1S/C17H23N3O/c1-13-14(2)20(12-18-13)11-17(21)10-19-8-7-15-5-3-4-6-16(15)9-19/h3-6,12,17,21H,7-11H2,1-2H3. The molecule has 4 heteroatoms. The number of hydrogen-bond acceptors (Lipinski definition) is 3. The molecule has 1 aromatic carbocycles. The minimum Gasteiger partial charge on any atom is -0.390 e. The molecule has 0 bridgehead atoms. The van der Waals surface area contributed by atoms with Crippen molar-refractivity contribution in [1.82, 2.24) is 14.5 Å². The molecule has 0 saturated carbocycles. The van der Waals surface area contributed by atoms with E-state index in [1.165, 1.54) is 11.1 Å². The van der Waals surface area contributed by atoms with Crippen molar-refractivity contribution in [1.29, 1.82) is 0 Å². The van der Waals surface area contributed by atoms with Gasteiger partial charge in [0.05, 0.1) is 24.7 Å². The topological polar surface area (TPSA) is 41.3 Å². The number of nitrogens with zero attached hydrogens (tertiary/aromatic N) is 3. The Bertz CT molecular complexity index is 620. The number of hydrogen-bond donors (Lipinski definition) is 1. The molecule has 112 valence electrons. The summed E-state index contributed by atoms with van der Waals surface area (Å²) in [5.41, 5.74) is 5.02. The minimum absolute atomic E-state index is 0.359. The Hall–Kier alpha value is -1.65. The molecule has 2 heterocycles. The number of β-amino-alcohol motifs (C(OH)–C–C–N with tert-alkyl or cyclic N) is 1. The van der Waals surface area contributed by atoms with Crippen LogP contribution in [0.3, 0.4) is 0 Å². The number of rotatable bonds is 4. The molecule has 1 aromatic heterocycles. The predicted molar refractivity (Wildman–Crippen MR) is 83.1 cm³/mol. The molecular weight excluding hydrogens is 262 g/mol. The van der Waals surface area contributed by atoms with Gasteiger partial charge in [-0.1, -0.05) is 24.3 Å². The van der Waals surface area contributed by atoms with Crippen LogP contribution in [0.15, 0.2) is 30.6 Å². The van der Waals surface area contributed by atoms with Crippen LogP contribution in [0.4, 0.5) is 0 Å². The van der Waals surface area contributed by atoms with Crippen LogP contribution in [0.1, 0.15) is 22.5 Å². The third kappa shape index (κ3) is 3.17. The lowest BCUT2D eigenvalue weighted by atomic mass is 10.00. The first-order chi connectivity index (χ1) is 10.1. The number of aliphatic hydroxyl groups excluding tert-OH is 1. The van der Waals surface area contributed by atoms with E-state index in [4.69, 9.17) is 0 Å². The van der Waals surface area contributed by atoms with Gasteiger partial charge < -0.3 is 9.67 Å². The van der Waals surface area contributed by atoms with Gasteiger partial charge in [-0.3, -0.25) is 4.90 Å². The molecule has 21 heavy (non-hydrogen) atoms. The normalized spacial score (nSPS) is 16.7. The van der Waals surface area contributed by atoms with Crippen molar-refractivity contribution < 1.29 is 5.11 Å². The SMILES string of the molecule is Cc1ncn(CC(O)CN2CCc3ccccc3C2)c1C. The summed E-state index contributed by atoms with van der Waals surface area (Å²) in [6, 6.07) is 8.60. The van der Waals surface area contributed by atoms with Gasteiger partial charge in [-0.25, -0.2) is 4.98 Å². The summed E-state index contributed by atoms with van der Waals surface area (Å²) in [5.74, 6) is 0. The summed E-state index contributed by atoms with van der Waals surface area (Å²) >= 11 is 0. The largest absolute Gasteiger partial charge is 0.390 e. The number of aliphatic hydroxyl groups is 1. The van der Waals surface area contributed by atoms with Crippen LogP contribution in [-0.2, 0) is 19.5 Å². The van der Waals surface area contributed by atoms with Crippen LogP contribution in [0, 0.1) is 13.8 Å². The summed E-state index contributed by atoms with van der Waals surface area (Å²) < 4.78 is 2.04. The molecule has 1 atom stereocenters. The summed E-state index contributed by atoms with van der Waals surface area (Å²) in [5, 5.41) is 10.3. The summed E-state index contributed by atoms with van der Waals surface area (Å²) in [6.07, 6.45) is 2.54. The summed E-state index contributed by atoms with van der Waals surface area (Å²) in [4.78, 5) is 6.62. The molecule has 0 spiro atoms. The number of aryl methyl sites for hydroxylation is 1. The molecule has 0 aliphatic carbocycles. The quantitative estimate of drug-likeness (QED) is 0.933. The Labute approximate surface area is 126 Å². The van der Waals surface area contributed by atoms with Gasteiger partial charge in [0.1, 0.15) is 0 Å². The van der Waals surface area contributed by atoms with Gasteiger partial charge in [0.15, 0.2) is 0 Å². The molecule has 0 amide bonds. The van der Waals surface area contributed by atoms with Crippen LogP contribution in [-0.4, -0.2) is 38.8 Å². The van der Waals surface area contributed by atoms with E-state index in [0.717, 1.165) is 30.9 Å². The lowest BCUT2D eigenvalue weighted by Crippen LogP contribution is -2.38. The van der Waals surface area contributed by atoms with E-state index in [1.54, 1.807) is 0 Å². The molecular formula is C17H23N3O. The fourth-order valence-corrected chi connectivity index (χ4v) is 3.02. The van der Waals surface area contributed by atoms with E-state index >= 15 is 0 Å². The molecule has 0 saturated heterocycles. The van der Waals surface area contributed by atoms with Crippen LogP contribution < -0.4 is 0 Å². The van der Waals surface area contributed by atoms with Gasteiger partial charge in [-0.2, -0.15) is 0 Å². The second kappa shape index (κ2) is 6.00. The molecule has 1 aliphatic rings. The number of imidazole rings is 1. The average Bonchev–Trinajstić information content (AvgIpc) is 2.79. The van der Waals surface area contributed by atoms with Crippen molar-refractivity contribution in [2.45, 2.75) is 39.5 Å².